The molecule has 0 unspecified atom stereocenters. The topological polar surface area (TPSA) is 86.3 Å². The fourth-order valence-electron chi connectivity index (χ4n) is 2.43. The second kappa shape index (κ2) is 6.52. The Labute approximate surface area is 127 Å². The summed E-state index contributed by atoms with van der Waals surface area (Å²) in [5.74, 6) is 0.195. The van der Waals surface area contributed by atoms with Gasteiger partial charge in [0.15, 0.2) is 0 Å². The van der Waals surface area contributed by atoms with Gasteiger partial charge in [-0.25, -0.2) is 0 Å². The van der Waals surface area contributed by atoms with Crippen molar-refractivity contribution in [2.24, 2.45) is 0 Å². The van der Waals surface area contributed by atoms with Gasteiger partial charge in [0.1, 0.15) is 0 Å². The summed E-state index contributed by atoms with van der Waals surface area (Å²) in [6.45, 7) is 3.08. The molecule has 0 spiro atoms. The lowest BCUT2D eigenvalue weighted by Gasteiger charge is -2.25. The SMILES string of the molecule is O=[N+]([O-])c1nc(N2CCOCC2)n(CCc2ccccc2)n1. The Bertz CT molecular complexity index is 637. The molecular weight excluding hydrogens is 286 g/mol. The van der Waals surface area contributed by atoms with E-state index in [0.29, 0.717) is 38.8 Å². The Balaban J connectivity index is 1.80. The monoisotopic (exact) mass is 303 g/mol. The van der Waals surface area contributed by atoms with E-state index < -0.39 is 4.92 Å². The molecule has 3 rings (SSSR count). The van der Waals surface area contributed by atoms with Gasteiger partial charge in [0.05, 0.1) is 19.8 Å². The summed E-state index contributed by atoms with van der Waals surface area (Å²) in [5, 5.41) is 15.0. The van der Waals surface area contributed by atoms with Crippen LogP contribution in [0.15, 0.2) is 30.3 Å². The molecule has 2 heterocycles. The largest absolute Gasteiger partial charge is 0.493 e. The molecule has 0 saturated carbocycles. The molecule has 1 aromatic heterocycles. The minimum absolute atomic E-state index is 0.352. The highest BCUT2D eigenvalue weighted by molar-refractivity contribution is 5.34. The minimum atomic E-state index is -0.553. The van der Waals surface area contributed by atoms with E-state index in [1.54, 1.807) is 4.68 Å². The van der Waals surface area contributed by atoms with Crippen molar-refractivity contribution in [3.63, 3.8) is 0 Å². The van der Waals surface area contributed by atoms with Gasteiger partial charge in [-0.05, 0) is 21.9 Å². The smallest absolute Gasteiger partial charge is 0.390 e. The van der Waals surface area contributed by atoms with Crippen LogP contribution < -0.4 is 4.90 Å². The Morgan fingerprint density at radius 1 is 1.23 bits per heavy atom. The molecule has 1 fully saturated rings. The van der Waals surface area contributed by atoms with Crippen LogP contribution in [-0.4, -0.2) is 46.0 Å². The number of rotatable bonds is 5. The summed E-state index contributed by atoms with van der Waals surface area (Å²) >= 11 is 0. The Kier molecular flexibility index (Phi) is 4.29. The van der Waals surface area contributed by atoms with Gasteiger partial charge in [0.2, 0.25) is 0 Å². The molecule has 8 nitrogen and oxygen atoms in total. The van der Waals surface area contributed by atoms with Crippen molar-refractivity contribution in [2.45, 2.75) is 13.0 Å². The number of anilines is 1. The molecule has 0 atom stereocenters. The van der Waals surface area contributed by atoms with E-state index in [1.165, 1.54) is 0 Å². The molecule has 8 heteroatoms. The highest BCUT2D eigenvalue weighted by Crippen LogP contribution is 2.18. The van der Waals surface area contributed by atoms with Crippen molar-refractivity contribution in [2.75, 3.05) is 31.2 Å². The number of nitrogens with zero attached hydrogens (tertiary/aromatic N) is 5. The van der Waals surface area contributed by atoms with Crippen molar-refractivity contribution in [3.05, 3.63) is 46.0 Å². The fraction of sp³-hybridized carbons (Fsp3) is 0.429. The molecule has 22 heavy (non-hydrogen) atoms. The molecule has 1 aliphatic heterocycles. The highest BCUT2D eigenvalue weighted by Gasteiger charge is 2.27. The minimum Gasteiger partial charge on any atom is -0.390 e. The van der Waals surface area contributed by atoms with Crippen molar-refractivity contribution in [1.29, 1.82) is 0 Å². The Morgan fingerprint density at radius 2 is 1.95 bits per heavy atom. The van der Waals surface area contributed by atoms with E-state index in [2.05, 4.69) is 10.1 Å². The average Bonchev–Trinajstić information content (AvgIpc) is 2.99. The van der Waals surface area contributed by atoms with E-state index in [4.69, 9.17) is 4.74 Å². The summed E-state index contributed by atoms with van der Waals surface area (Å²) in [7, 11) is 0. The lowest BCUT2D eigenvalue weighted by molar-refractivity contribution is -0.394. The summed E-state index contributed by atoms with van der Waals surface area (Å²) < 4.78 is 6.93. The predicted molar refractivity (Wildman–Crippen MR) is 79.9 cm³/mol. The quantitative estimate of drug-likeness (QED) is 0.610. The third kappa shape index (κ3) is 3.22. The lowest BCUT2D eigenvalue weighted by atomic mass is 10.1. The van der Waals surface area contributed by atoms with Crippen LogP contribution in [0.25, 0.3) is 0 Å². The average molecular weight is 303 g/mol. The second-order valence-electron chi connectivity index (χ2n) is 5.03. The van der Waals surface area contributed by atoms with E-state index in [-0.39, 0.29) is 5.95 Å². The number of hydrogen-bond acceptors (Lipinski definition) is 6. The molecule has 0 N–H and O–H groups in total. The number of hydrogen-bond donors (Lipinski definition) is 0. The van der Waals surface area contributed by atoms with E-state index >= 15 is 0 Å². The summed E-state index contributed by atoms with van der Waals surface area (Å²) in [6.07, 6.45) is 0.749. The molecule has 2 aromatic rings. The zero-order valence-corrected chi connectivity index (χ0v) is 12.1. The molecule has 1 aliphatic rings. The number of ether oxygens (including phenoxy) is 1. The van der Waals surface area contributed by atoms with Crippen LogP contribution in [0.5, 0.6) is 0 Å². The zero-order valence-electron chi connectivity index (χ0n) is 12.1. The Hall–Kier alpha value is -2.48. The van der Waals surface area contributed by atoms with Crippen molar-refractivity contribution >= 4 is 11.9 Å². The highest BCUT2D eigenvalue weighted by atomic mass is 16.6. The standard InChI is InChI=1S/C14H17N5O3/c20-19(21)13-15-14(17-8-10-22-11-9-17)18(16-13)7-6-12-4-2-1-3-5-12/h1-5H,6-11H2. The third-order valence-electron chi connectivity index (χ3n) is 3.55. The van der Waals surface area contributed by atoms with Gasteiger partial charge in [-0.2, -0.15) is 4.68 Å². The zero-order chi connectivity index (χ0) is 15.4. The van der Waals surface area contributed by atoms with Gasteiger partial charge in [-0.15, -0.1) is 0 Å². The Morgan fingerprint density at radius 3 is 2.64 bits per heavy atom. The van der Waals surface area contributed by atoms with Gasteiger partial charge >= 0.3 is 11.9 Å². The van der Waals surface area contributed by atoms with Crippen LogP contribution in [-0.2, 0) is 17.7 Å². The first-order chi connectivity index (χ1) is 10.7. The molecule has 0 amide bonds. The first-order valence-electron chi connectivity index (χ1n) is 7.20. The van der Waals surface area contributed by atoms with Crippen LogP contribution in [0.1, 0.15) is 5.56 Å². The van der Waals surface area contributed by atoms with E-state index in [0.717, 1.165) is 12.0 Å². The number of nitro groups is 1. The number of morpholine rings is 1. The summed E-state index contributed by atoms with van der Waals surface area (Å²) in [6, 6.07) is 9.96. The lowest BCUT2D eigenvalue weighted by Crippen LogP contribution is -2.38. The van der Waals surface area contributed by atoms with Crippen LogP contribution in [0.2, 0.25) is 0 Å². The van der Waals surface area contributed by atoms with Crippen molar-refractivity contribution in [3.8, 4) is 0 Å². The van der Waals surface area contributed by atoms with Crippen LogP contribution in [0.4, 0.5) is 11.9 Å². The van der Waals surface area contributed by atoms with Gasteiger partial charge in [0.25, 0.3) is 0 Å². The number of benzene rings is 1. The van der Waals surface area contributed by atoms with Gasteiger partial charge in [-0.1, -0.05) is 30.3 Å². The molecule has 1 saturated heterocycles. The number of aromatic nitrogens is 3. The van der Waals surface area contributed by atoms with Gasteiger partial charge < -0.3 is 19.8 Å². The molecule has 0 aliphatic carbocycles. The van der Waals surface area contributed by atoms with Crippen molar-refractivity contribution in [1.82, 2.24) is 14.8 Å². The van der Waals surface area contributed by atoms with Gasteiger partial charge in [-0.3, -0.25) is 0 Å². The number of aryl methyl sites for hydroxylation is 2. The van der Waals surface area contributed by atoms with Crippen LogP contribution >= 0.6 is 0 Å². The predicted octanol–water partition coefficient (Wildman–Crippen LogP) is 1.27. The maximum absolute atomic E-state index is 10.9. The van der Waals surface area contributed by atoms with E-state index in [1.807, 2.05) is 35.2 Å². The molecule has 116 valence electrons. The molecule has 0 bridgehead atoms. The fourth-order valence-corrected chi connectivity index (χ4v) is 2.43. The maximum Gasteiger partial charge on any atom is 0.493 e. The van der Waals surface area contributed by atoms with E-state index in [9.17, 15) is 10.1 Å². The van der Waals surface area contributed by atoms with Crippen molar-refractivity contribution < 1.29 is 9.66 Å². The normalized spacial score (nSPS) is 15.0. The first-order valence-corrected chi connectivity index (χ1v) is 7.20. The maximum atomic E-state index is 10.9. The summed E-state index contributed by atoms with van der Waals surface area (Å²) in [5.41, 5.74) is 1.16. The molecular formula is C14H17N5O3. The van der Waals surface area contributed by atoms with Gasteiger partial charge in [0, 0.05) is 18.2 Å². The second-order valence-corrected chi connectivity index (χ2v) is 5.03. The molecule has 1 aromatic carbocycles. The summed E-state index contributed by atoms with van der Waals surface area (Å²) in [4.78, 5) is 16.4. The van der Waals surface area contributed by atoms with Crippen LogP contribution in [0.3, 0.4) is 0 Å². The molecule has 0 radical (unpaired) electrons. The van der Waals surface area contributed by atoms with Crippen LogP contribution in [0, 0.1) is 10.1 Å². The first kappa shape index (κ1) is 14.5. The third-order valence-corrected chi connectivity index (χ3v) is 3.55.